The summed E-state index contributed by atoms with van der Waals surface area (Å²) in [5, 5.41) is 5.81. The van der Waals surface area contributed by atoms with E-state index < -0.39 is 35.0 Å². The van der Waals surface area contributed by atoms with E-state index in [0.717, 1.165) is 6.07 Å². The molecule has 0 aliphatic rings. The van der Waals surface area contributed by atoms with Crippen LogP contribution in [0.1, 0.15) is 16.1 Å². The van der Waals surface area contributed by atoms with Gasteiger partial charge in [0.25, 0.3) is 5.91 Å². The topological polar surface area (TPSA) is 59.8 Å². The molecule has 5 nitrogen and oxygen atoms in total. The van der Waals surface area contributed by atoms with E-state index in [2.05, 4.69) is 15.4 Å². The predicted molar refractivity (Wildman–Crippen MR) is 80.7 cm³/mol. The molecule has 0 unspecified atom stereocenters. The summed E-state index contributed by atoms with van der Waals surface area (Å²) in [6, 6.07) is 4.94. The van der Waals surface area contributed by atoms with Crippen LogP contribution in [-0.4, -0.2) is 20.7 Å². The number of rotatable bonds is 3. The summed E-state index contributed by atoms with van der Waals surface area (Å²) in [4.78, 5) is 16.0. The van der Waals surface area contributed by atoms with Crippen LogP contribution in [0.15, 0.2) is 48.9 Å². The fraction of sp³-hybridized carbons (Fsp3) is 0.0625. The molecule has 1 amide bonds. The number of halogens is 5. The summed E-state index contributed by atoms with van der Waals surface area (Å²) in [5.41, 5.74) is -2.31. The van der Waals surface area contributed by atoms with E-state index in [1.807, 2.05) is 0 Å². The number of anilines is 1. The molecule has 26 heavy (non-hydrogen) atoms. The minimum Gasteiger partial charge on any atom is -0.322 e. The number of amides is 1. The van der Waals surface area contributed by atoms with Gasteiger partial charge in [0.05, 0.1) is 17.4 Å². The maximum Gasteiger partial charge on any atom is 0.434 e. The minimum atomic E-state index is -4.97. The lowest BCUT2D eigenvalue weighted by molar-refractivity contribution is -0.143. The number of carbonyl (C=O) groups excluding carboxylic acids is 1. The van der Waals surface area contributed by atoms with Crippen LogP contribution in [0.25, 0.3) is 5.69 Å². The van der Waals surface area contributed by atoms with Crippen LogP contribution in [0.2, 0.25) is 0 Å². The zero-order valence-corrected chi connectivity index (χ0v) is 12.8. The van der Waals surface area contributed by atoms with Gasteiger partial charge in [-0.3, -0.25) is 9.78 Å². The van der Waals surface area contributed by atoms with Gasteiger partial charge in [-0.2, -0.15) is 18.3 Å². The van der Waals surface area contributed by atoms with Gasteiger partial charge in [-0.1, -0.05) is 0 Å². The second-order valence-electron chi connectivity index (χ2n) is 5.10. The Hall–Kier alpha value is -3.30. The Morgan fingerprint density at radius 1 is 1.04 bits per heavy atom. The van der Waals surface area contributed by atoms with Gasteiger partial charge >= 0.3 is 6.18 Å². The zero-order valence-electron chi connectivity index (χ0n) is 12.8. The first-order valence-electron chi connectivity index (χ1n) is 7.09. The average Bonchev–Trinajstić information content (AvgIpc) is 3.04. The van der Waals surface area contributed by atoms with Crippen molar-refractivity contribution in [1.82, 2.24) is 14.8 Å². The third-order valence-corrected chi connectivity index (χ3v) is 3.37. The third kappa shape index (κ3) is 3.39. The Labute approximate surface area is 143 Å². The van der Waals surface area contributed by atoms with E-state index in [4.69, 9.17) is 0 Å². The van der Waals surface area contributed by atoms with Crippen LogP contribution >= 0.6 is 0 Å². The van der Waals surface area contributed by atoms with Crippen molar-refractivity contribution in [3.8, 4) is 5.69 Å². The molecule has 0 radical (unpaired) electrons. The predicted octanol–water partition coefficient (Wildman–Crippen LogP) is 3.82. The molecular weight excluding hydrogens is 359 g/mol. The Morgan fingerprint density at radius 2 is 1.73 bits per heavy atom. The average molecular weight is 368 g/mol. The molecule has 3 rings (SSSR count). The normalized spacial score (nSPS) is 11.4. The minimum absolute atomic E-state index is 0.235. The van der Waals surface area contributed by atoms with Gasteiger partial charge in [0, 0.05) is 24.1 Å². The lowest BCUT2D eigenvalue weighted by Crippen LogP contribution is -2.20. The van der Waals surface area contributed by atoms with E-state index >= 15 is 0 Å². The highest BCUT2D eigenvalue weighted by Gasteiger charge is 2.40. The molecule has 0 spiro atoms. The lowest BCUT2D eigenvalue weighted by atomic mass is 10.2. The van der Waals surface area contributed by atoms with E-state index in [0.29, 0.717) is 23.0 Å². The first-order valence-corrected chi connectivity index (χ1v) is 7.09. The van der Waals surface area contributed by atoms with Crippen LogP contribution in [0.3, 0.4) is 0 Å². The number of hydrogen-bond acceptors (Lipinski definition) is 3. The fourth-order valence-electron chi connectivity index (χ4n) is 2.23. The van der Waals surface area contributed by atoms with Crippen molar-refractivity contribution in [2.45, 2.75) is 6.18 Å². The highest BCUT2D eigenvalue weighted by molar-refractivity contribution is 6.05. The molecule has 3 aromatic rings. The molecule has 1 N–H and O–H groups in total. The van der Waals surface area contributed by atoms with Crippen molar-refractivity contribution in [1.29, 1.82) is 0 Å². The molecule has 0 atom stereocenters. The second-order valence-corrected chi connectivity index (χ2v) is 5.10. The summed E-state index contributed by atoms with van der Waals surface area (Å²) >= 11 is 0. The Balaban J connectivity index is 2.05. The van der Waals surface area contributed by atoms with Gasteiger partial charge in [-0.05, 0) is 24.3 Å². The molecule has 1 aromatic carbocycles. The van der Waals surface area contributed by atoms with E-state index in [1.165, 1.54) is 24.5 Å². The van der Waals surface area contributed by atoms with E-state index in [1.54, 1.807) is 0 Å². The van der Waals surface area contributed by atoms with Gasteiger partial charge < -0.3 is 5.32 Å². The molecule has 0 saturated heterocycles. The quantitative estimate of drug-likeness (QED) is 0.715. The van der Waals surface area contributed by atoms with Crippen LogP contribution in [0, 0.1) is 11.6 Å². The van der Waals surface area contributed by atoms with Crippen LogP contribution < -0.4 is 5.32 Å². The number of benzene rings is 1. The highest BCUT2D eigenvalue weighted by atomic mass is 19.4. The van der Waals surface area contributed by atoms with Gasteiger partial charge in [-0.15, -0.1) is 0 Å². The maximum absolute atomic E-state index is 13.5. The van der Waals surface area contributed by atoms with E-state index in [-0.39, 0.29) is 11.4 Å². The van der Waals surface area contributed by atoms with Crippen molar-refractivity contribution < 1.29 is 26.7 Å². The van der Waals surface area contributed by atoms with Crippen LogP contribution in [0.5, 0.6) is 0 Å². The third-order valence-electron chi connectivity index (χ3n) is 3.37. The molecule has 2 heterocycles. The summed E-state index contributed by atoms with van der Waals surface area (Å²) in [6.45, 7) is 0. The van der Waals surface area contributed by atoms with Gasteiger partial charge in [0.2, 0.25) is 0 Å². The number of hydrogen-bond donors (Lipinski definition) is 1. The number of pyridine rings is 1. The van der Waals surface area contributed by atoms with Crippen molar-refractivity contribution in [2.75, 3.05) is 5.32 Å². The Bertz CT molecular complexity index is 953. The van der Waals surface area contributed by atoms with Crippen LogP contribution in [0.4, 0.5) is 27.6 Å². The monoisotopic (exact) mass is 368 g/mol. The standard InChI is InChI=1S/C16H9F5N4O/c17-12-2-1-10(7-13(12)18)25-14(16(19,20)21)11(8-23-25)15(26)24-9-3-5-22-6-4-9/h1-8H,(H,22,24,26). The fourth-order valence-corrected chi connectivity index (χ4v) is 2.23. The van der Waals surface area contributed by atoms with E-state index in [9.17, 15) is 26.7 Å². The summed E-state index contributed by atoms with van der Waals surface area (Å²) in [7, 11) is 0. The lowest BCUT2D eigenvalue weighted by Gasteiger charge is -2.13. The molecule has 0 saturated carbocycles. The number of alkyl halides is 3. The molecule has 2 aromatic heterocycles. The Morgan fingerprint density at radius 3 is 2.35 bits per heavy atom. The zero-order chi connectivity index (χ0) is 18.9. The molecular formula is C16H9F5N4O. The summed E-state index contributed by atoms with van der Waals surface area (Å²) in [5.74, 6) is -3.61. The van der Waals surface area contributed by atoms with Crippen molar-refractivity contribution in [3.63, 3.8) is 0 Å². The Kier molecular flexibility index (Phi) is 4.41. The van der Waals surface area contributed by atoms with Crippen molar-refractivity contribution in [2.24, 2.45) is 0 Å². The summed E-state index contributed by atoms with van der Waals surface area (Å²) in [6.07, 6.45) is -1.55. The SMILES string of the molecule is O=C(Nc1ccncc1)c1cnn(-c2ccc(F)c(F)c2)c1C(F)(F)F. The summed E-state index contributed by atoms with van der Waals surface area (Å²) < 4.78 is 67.2. The smallest absolute Gasteiger partial charge is 0.322 e. The largest absolute Gasteiger partial charge is 0.434 e. The molecule has 0 aliphatic heterocycles. The molecule has 0 aliphatic carbocycles. The molecule has 134 valence electrons. The maximum atomic E-state index is 13.5. The number of carbonyl (C=O) groups is 1. The van der Waals surface area contributed by atoms with Gasteiger partial charge in [-0.25, -0.2) is 13.5 Å². The first kappa shape index (κ1) is 17.5. The molecule has 0 fully saturated rings. The van der Waals surface area contributed by atoms with Crippen LogP contribution in [-0.2, 0) is 6.18 Å². The number of nitrogens with one attached hydrogen (secondary N) is 1. The molecule has 0 bridgehead atoms. The first-order chi connectivity index (χ1) is 12.3. The van der Waals surface area contributed by atoms with Gasteiger partial charge in [0.15, 0.2) is 17.3 Å². The van der Waals surface area contributed by atoms with Crippen molar-refractivity contribution >= 4 is 11.6 Å². The second kappa shape index (κ2) is 6.54. The highest BCUT2D eigenvalue weighted by Crippen LogP contribution is 2.34. The number of aromatic nitrogens is 3. The van der Waals surface area contributed by atoms with Gasteiger partial charge in [0.1, 0.15) is 0 Å². The van der Waals surface area contributed by atoms with Crippen molar-refractivity contribution in [3.05, 3.63) is 71.8 Å². The molecule has 10 heteroatoms. The number of nitrogens with zero attached hydrogens (tertiary/aromatic N) is 3.